The van der Waals surface area contributed by atoms with Crippen molar-refractivity contribution in [2.45, 2.75) is 46.5 Å². The maximum Gasteiger partial charge on any atom is 0.488 e. The van der Waals surface area contributed by atoms with Crippen molar-refractivity contribution in [3.05, 3.63) is 59.2 Å². The summed E-state index contributed by atoms with van der Waals surface area (Å²) in [6.07, 6.45) is 0. The van der Waals surface area contributed by atoms with Crippen molar-refractivity contribution in [1.29, 1.82) is 0 Å². The Morgan fingerprint density at radius 3 is 1.52 bits per heavy atom. The van der Waals surface area contributed by atoms with Gasteiger partial charge in [-0.3, -0.25) is 0 Å². The average Bonchev–Trinajstić information content (AvgIpc) is 2.54. The first-order valence-electron chi connectivity index (χ1n) is 8.56. The van der Waals surface area contributed by atoms with Gasteiger partial charge in [0.05, 0.1) is 0 Å². The fraction of sp³-hybridized carbons (Fsp3) is 0.368. The zero-order valence-electron chi connectivity index (χ0n) is 15.6. The molecule has 0 heterocycles. The Morgan fingerprint density at radius 1 is 0.680 bits per heavy atom. The fourth-order valence-corrected chi connectivity index (χ4v) is 2.56. The zero-order chi connectivity index (χ0) is 19.1. The summed E-state index contributed by atoms with van der Waals surface area (Å²) in [5.74, 6) is 0.958. The van der Waals surface area contributed by atoms with Gasteiger partial charge >= 0.3 is 14.2 Å². The van der Waals surface area contributed by atoms with Gasteiger partial charge in [0.2, 0.25) is 0 Å². The van der Waals surface area contributed by atoms with Gasteiger partial charge in [-0.2, -0.15) is 0 Å². The molecule has 134 valence electrons. The Kier molecular flexibility index (Phi) is 8.39. The lowest BCUT2D eigenvalue weighted by molar-refractivity contribution is 0.424. The van der Waals surface area contributed by atoms with E-state index in [4.69, 9.17) is 20.1 Å². The quantitative estimate of drug-likeness (QED) is 0.632. The van der Waals surface area contributed by atoms with Crippen molar-refractivity contribution in [3.63, 3.8) is 0 Å². The molecule has 0 radical (unpaired) electrons. The Balaban J connectivity index is 0.000000251. The van der Waals surface area contributed by atoms with Crippen LogP contribution in [0.2, 0.25) is 0 Å². The minimum Gasteiger partial charge on any atom is -0.423 e. The summed E-state index contributed by atoms with van der Waals surface area (Å²) in [6, 6.07) is 12.8. The summed E-state index contributed by atoms with van der Waals surface area (Å²) in [5, 5.41) is 35.5. The Bertz CT molecular complexity index is 626. The molecule has 2 aromatic carbocycles. The third-order valence-electron chi connectivity index (χ3n) is 4.12. The zero-order valence-corrected chi connectivity index (χ0v) is 15.6. The molecule has 2 rings (SSSR count). The first kappa shape index (κ1) is 21.5. The van der Waals surface area contributed by atoms with Crippen LogP contribution in [0, 0.1) is 6.92 Å². The Labute approximate surface area is 151 Å². The van der Waals surface area contributed by atoms with Crippen molar-refractivity contribution < 1.29 is 20.1 Å². The second-order valence-electron chi connectivity index (χ2n) is 6.84. The van der Waals surface area contributed by atoms with Crippen molar-refractivity contribution >= 4 is 25.2 Å². The molecule has 0 saturated carbocycles. The molecule has 4 N–H and O–H groups in total. The molecule has 0 bridgehead atoms. The summed E-state index contributed by atoms with van der Waals surface area (Å²) in [7, 11) is -2.72. The molecule has 0 atom stereocenters. The smallest absolute Gasteiger partial charge is 0.423 e. The van der Waals surface area contributed by atoms with Crippen LogP contribution in [0.25, 0.3) is 0 Å². The van der Waals surface area contributed by atoms with Gasteiger partial charge in [0, 0.05) is 0 Å². The van der Waals surface area contributed by atoms with E-state index in [1.807, 2.05) is 31.2 Å². The molecule has 2 aromatic rings. The van der Waals surface area contributed by atoms with Crippen molar-refractivity contribution in [2.24, 2.45) is 0 Å². The molecular formula is C19H28B2O4. The van der Waals surface area contributed by atoms with Crippen molar-refractivity contribution in [2.75, 3.05) is 0 Å². The first-order chi connectivity index (χ1) is 11.6. The van der Waals surface area contributed by atoms with Crippen LogP contribution in [0.3, 0.4) is 0 Å². The second kappa shape index (κ2) is 9.78. The van der Waals surface area contributed by atoms with Crippen LogP contribution in [0.1, 0.15) is 56.2 Å². The van der Waals surface area contributed by atoms with Gasteiger partial charge in [0.1, 0.15) is 0 Å². The van der Waals surface area contributed by atoms with Crippen LogP contribution in [0.15, 0.2) is 42.5 Å². The van der Waals surface area contributed by atoms with Crippen LogP contribution in [-0.2, 0) is 0 Å². The minimum atomic E-state index is -1.36. The van der Waals surface area contributed by atoms with Crippen LogP contribution in [0.5, 0.6) is 0 Å². The predicted octanol–water partition coefficient (Wildman–Crippen LogP) is 1.29. The third kappa shape index (κ3) is 6.67. The van der Waals surface area contributed by atoms with Gasteiger partial charge in [-0.05, 0) is 46.4 Å². The lowest BCUT2D eigenvalue weighted by Crippen LogP contribution is -2.30. The van der Waals surface area contributed by atoms with Gasteiger partial charge in [-0.1, -0.05) is 70.2 Å². The van der Waals surface area contributed by atoms with Crippen LogP contribution < -0.4 is 10.9 Å². The highest BCUT2D eigenvalue weighted by Gasteiger charge is 2.12. The fourth-order valence-electron chi connectivity index (χ4n) is 2.56. The van der Waals surface area contributed by atoms with Crippen LogP contribution >= 0.6 is 0 Å². The summed E-state index contributed by atoms with van der Waals surface area (Å²) < 4.78 is 0. The molecule has 0 aliphatic rings. The molecule has 0 amide bonds. The lowest BCUT2D eigenvalue weighted by atomic mass is 9.78. The predicted molar refractivity (Wildman–Crippen MR) is 105 cm³/mol. The van der Waals surface area contributed by atoms with E-state index >= 15 is 0 Å². The Morgan fingerprint density at radius 2 is 1.16 bits per heavy atom. The van der Waals surface area contributed by atoms with Gasteiger partial charge in [-0.25, -0.2) is 0 Å². The van der Waals surface area contributed by atoms with Gasteiger partial charge < -0.3 is 20.1 Å². The van der Waals surface area contributed by atoms with E-state index in [0.29, 0.717) is 22.8 Å². The van der Waals surface area contributed by atoms with Crippen molar-refractivity contribution in [3.8, 4) is 0 Å². The minimum absolute atomic E-state index is 0.477. The van der Waals surface area contributed by atoms with E-state index in [0.717, 1.165) is 5.56 Å². The third-order valence-corrected chi connectivity index (χ3v) is 4.12. The number of hydrogen-bond donors (Lipinski definition) is 4. The topological polar surface area (TPSA) is 80.9 Å². The van der Waals surface area contributed by atoms with E-state index < -0.39 is 14.2 Å². The number of aryl methyl sites for hydroxylation is 1. The maximum atomic E-state index is 8.93. The molecule has 0 aromatic heterocycles. The number of benzene rings is 2. The highest BCUT2D eigenvalue weighted by molar-refractivity contribution is 6.58. The Hall–Kier alpha value is -1.59. The van der Waals surface area contributed by atoms with E-state index in [2.05, 4.69) is 27.7 Å². The molecular weight excluding hydrogens is 314 g/mol. The van der Waals surface area contributed by atoms with E-state index in [-0.39, 0.29) is 0 Å². The molecule has 0 fully saturated rings. The second-order valence-corrected chi connectivity index (χ2v) is 6.84. The highest BCUT2D eigenvalue weighted by atomic mass is 16.4. The summed E-state index contributed by atoms with van der Waals surface area (Å²) in [6.45, 7) is 10.4. The summed E-state index contributed by atoms with van der Waals surface area (Å²) >= 11 is 0. The molecule has 4 nitrogen and oxygen atoms in total. The van der Waals surface area contributed by atoms with Crippen molar-refractivity contribution in [1.82, 2.24) is 0 Å². The van der Waals surface area contributed by atoms with Crippen LogP contribution in [-0.4, -0.2) is 34.3 Å². The normalized spacial score (nSPS) is 10.5. The van der Waals surface area contributed by atoms with E-state index in [9.17, 15) is 0 Å². The largest absolute Gasteiger partial charge is 0.488 e. The van der Waals surface area contributed by atoms with Gasteiger partial charge in [-0.15, -0.1) is 0 Å². The number of rotatable bonds is 4. The number of hydrogen-bond acceptors (Lipinski definition) is 4. The van der Waals surface area contributed by atoms with E-state index in [1.54, 1.807) is 18.2 Å². The first-order valence-corrected chi connectivity index (χ1v) is 8.56. The van der Waals surface area contributed by atoms with Gasteiger partial charge in [0.15, 0.2) is 0 Å². The average molecular weight is 342 g/mol. The maximum absolute atomic E-state index is 8.93. The molecule has 0 spiro atoms. The molecule has 0 aliphatic heterocycles. The van der Waals surface area contributed by atoms with Crippen LogP contribution in [0.4, 0.5) is 0 Å². The molecule has 0 aliphatic carbocycles. The van der Waals surface area contributed by atoms with Gasteiger partial charge in [0.25, 0.3) is 0 Å². The summed E-state index contributed by atoms with van der Waals surface area (Å²) in [5.41, 5.74) is 4.67. The molecule has 0 saturated heterocycles. The standard InChI is InChI=1S/C10H15BO2.C9H13BO2/c1-7(2)10-5-4-9(11(12)13)6-8(10)3;1-7(2)8-3-5-9(6-4-8)10(11)12/h4-7,12-13H,1-3H3;3-7,11-12H,1-2H3. The highest BCUT2D eigenvalue weighted by Crippen LogP contribution is 2.17. The lowest BCUT2D eigenvalue weighted by Gasteiger charge is -2.10. The summed E-state index contributed by atoms with van der Waals surface area (Å²) in [4.78, 5) is 0. The monoisotopic (exact) mass is 342 g/mol. The molecule has 0 unspecified atom stereocenters. The van der Waals surface area contributed by atoms with E-state index in [1.165, 1.54) is 11.1 Å². The molecule has 6 heteroatoms. The molecule has 25 heavy (non-hydrogen) atoms. The SMILES string of the molecule is CC(C)c1ccc(B(O)O)cc1.Cc1cc(B(O)O)ccc1C(C)C.